The molecule has 1 aromatic heterocycles. The number of likely N-dealkylation sites (tertiary alicyclic amines) is 1. The number of hydrogen-bond donors (Lipinski definition) is 4. The van der Waals surface area contributed by atoms with E-state index >= 15 is 0 Å². The van der Waals surface area contributed by atoms with E-state index in [1.54, 1.807) is 0 Å². The summed E-state index contributed by atoms with van der Waals surface area (Å²) in [5.74, 6) is 1.24. The summed E-state index contributed by atoms with van der Waals surface area (Å²) in [5, 5.41) is 26.9. The lowest BCUT2D eigenvalue weighted by Crippen LogP contribution is -2.40. The van der Waals surface area contributed by atoms with Crippen molar-refractivity contribution in [1.29, 1.82) is 10.8 Å². The van der Waals surface area contributed by atoms with E-state index in [9.17, 15) is 9.90 Å². The van der Waals surface area contributed by atoms with Crippen molar-refractivity contribution in [3.63, 3.8) is 0 Å². The number of imidazole rings is 1. The van der Waals surface area contributed by atoms with Crippen LogP contribution in [0.25, 0.3) is 21.8 Å². The zero-order valence-corrected chi connectivity index (χ0v) is 21.4. The Hall–Kier alpha value is -4.40. The van der Waals surface area contributed by atoms with E-state index in [0.717, 1.165) is 59.0 Å². The maximum Gasteiger partial charge on any atom is 0.303 e. The molecule has 0 aliphatic carbocycles. The van der Waals surface area contributed by atoms with Crippen LogP contribution >= 0.6 is 0 Å². The molecule has 0 spiro atoms. The van der Waals surface area contributed by atoms with Crippen molar-refractivity contribution >= 4 is 39.4 Å². The number of piperidine rings is 1. The fraction of sp³-hybridized carbons (Fsp3) is 0.310. The van der Waals surface area contributed by atoms with Crippen LogP contribution in [0.3, 0.4) is 0 Å². The number of rotatable bonds is 8. The lowest BCUT2D eigenvalue weighted by molar-refractivity contribution is -0.137. The number of ether oxygens (including phenoxy) is 1. The highest BCUT2D eigenvalue weighted by molar-refractivity contribution is 5.99. The van der Waals surface area contributed by atoms with E-state index in [4.69, 9.17) is 26.3 Å². The lowest BCUT2D eigenvalue weighted by Gasteiger charge is -2.32. The summed E-state index contributed by atoms with van der Waals surface area (Å²) in [4.78, 5) is 18.2. The molecule has 0 unspecified atom stereocenters. The third kappa shape index (κ3) is 5.46. The number of carboxylic acids is 1. The number of amidine groups is 2. The van der Waals surface area contributed by atoms with Gasteiger partial charge in [-0.15, -0.1) is 0 Å². The second kappa shape index (κ2) is 10.5. The van der Waals surface area contributed by atoms with Gasteiger partial charge in [0.1, 0.15) is 23.5 Å². The summed E-state index contributed by atoms with van der Waals surface area (Å²) in [7, 11) is 0. The Balaban J connectivity index is 1.46. The highest BCUT2D eigenvalue weighted by Crippen LogP contribution is 2.27. The van der Waals surface area contributed by atoms with E-state index in [1.165, 1.54) is 0 Å². The molecule has 1 saturated heterocycles. The minimum absolute atomic E-state index is 0.00260. The minimum Gasteiger partial charge on any atom is -0.490 e. The highest BCUT2D eigenvalue weighted by Gasteiger charge is 2.21. The smallest absolute Gasteiger partial charge is 0.303 e. The van der Waals surface area contributed by atoms with E-state index in [0.29, 0.717) is 30.2 Å². The molecule has 0 radical (unpaired) electrons. The van der Waals surface area contributed by atoms with Crippen LogP contribution < -0.4 is 10.5 Å². The Kier molecular flexibility index (Phi) is 7.00. The third-order valence-electron chi connectivity index (χ3n) is 7.14. The zero-order valence-electron chi connectivity index (χ0n) is 21.4. The van der Waals surface area contributed by atoms with Gasteiger partial charge in [-0.2, -0.15) is 0 Å². The Morgan fingerprint density at radius 3 is 2.55 bits per heavy atom. The molecule has 38 heavy (non-hydrogen) atoms. The van der Waals surface area contributed by atoms with E-state index < -0.39 is 5.97 Å². The Bertz CT molecular complexity index is 1530. The molecule has 9 heteroatoms. The maximum atomic E-state index is 11.3. The number of nitrogens with one attached hydrogen (secondary N) is 2. The lowest BCUT2D eigenvalue weighted by atomic mass is 10.0. The van der Waals surface area contributed by atoms with Gasteiger partial charge >= 0.3 is 5.97 Å². The monoisotopic (exact) mass is 512 g/mol. The summed E-state index contributed by atoms with van der Waals surface area (Å²) in [6, 6.07) is 17.7. The zero-order chi connectivity index (χ0) is 26.8. The number of hydrogen-bond acceptors (Lipinski definition) is 5. The van der Waals surface area contributed by atoms with E-state index in [-0.39, 0.29) is 18.4 Å². The maximum absolute atomic E-state index is 11.3. The molecular formula is C29H32N6O3. The molecule has 1 aliphatic heterocycles. The molecule has 5 rings (SSSR count). The van der Waals surface area contributed by atoms with Crippen molar-refractivity contribution in [3.05, 3.63) is 71.5 Å². The van der Waals surface area contributed by atoms with Gasteiger partial charge in [0.05, 0.1) is 23.3 Å². The van der Waals surface area contributed by atoms with Gasteiger partial charge < -0.3 is 25.0 Å². The molecule has 3 aromatic carbocycles. The number of fused-ring (bicyclic) bond motifs is 2. The molecule has 0 amide bonds. The number of nitrogens with zero attached hydrogens (tertiary/aromatic N) is 3. The van der Waals surface area contributed by atoms with Crippen molar-refractivity contribution in [1.82, 2.24) is 14.5 Å². The predicted molar refractivity (Wildman–Crippen MR) is 148 cm³/mol. The summed E-state index contributed by atoms with van der Waals surface area (Å²) < 4.78 is 8.40. The SMILES string of the molecule is CC(=N)N1CCC(Oc2ccc3nc(CCC(=O)O)n(Cc4ccc5ccc(C(=N)N)cc5c4)c3c2)CC1. The molecule has 9 nitrogen and oxygen atoms in total. The number of carbonyl (C=O) groups is 1. The first-order chi connectivity index (χ1) is 18.3. The van der Waals surface area contributed by atoms with Gasteiger partial charge in [-0.1, -0.05) is 24.3 Å². The summed E-state index contributed by atoms with van der Waals surface area (Å²) in [5.41, 5.74) is 9.10. The molecule has 1 fully saturated rings. The van der Waals surface area contributed by atoms with Crippen LogP contribution in [0.5, 0.6) is 5.75 Å². The fourth-order valence-electron chi connectivity index (χ4n) is 5.06. The normalized spacial score (nSPS) is 14.2. The molecule has 0 saturated carbocycles. The molecular weight excluding hydrogens is 480 g/mol. The fourth-order valence-corrected chi connectivity index (χ4v) is 5.06. The minimum atomic E-state index is -0.860. The van der Waals surface area contributed by atoms with Crippen molar-refractivity contribution in [3.8, 4) is 5.75 Å². The van der Waals surface area contributed by atoms with Crippen LogP contribution in [-0.2, 0) is 17.8 Å². The molecule has 0 atom stereocenters. The van der Waals surface area contributed by atoms with Crippen LogP contribution in [0.1, 0.15) is 43.1 Å². The van der Waals surface area contributed by atoms with Crippen molar-refractivity contribution in [2.45, 2.75) is 45.3 Å². The number of aromatic nitrogens is 2. The Morgan fingerprint density at radius 1 is 1.08 bits per heavy atom. The van der Waals surface area contributed by atoms with Gasteiger partial charge in [0.15, 0.2) is 0 Å². The van der Waals surface area contributed by atoms with Crippen LogP contribution in [0.4, 0.5) is 0 Å². The summed E-state index contributed by atoms with van der Waals surface area (Å²) in [6.07, 6.45) is 2.12. The van der Waals surface area contributed by atoms with Gasteiger partial charge in [-0.05, 0) is 47.5 Å². The molecule has 4 aromatic rings. The predicted octanol–water partition coefficient (Wildman–Crippen LogP) is 4.38. The first-order valence-electron chi connectivity index (χ1n) is 12.8. The van der Waals surface area contributed by atoms with Gasteiger partial charge in [0.2, 0.25) is 0 Å². The molecule has 5 N–H and O–H groups in total. The van der Waals surface area contributed by atoms with E-state index in [1.807, 2.05) is 49.4 Å². The topological polar surface area (TPSA) is 141 Å². The van der Waals surface area contributed by atoms with Crippen LogP contribution in [0.15, 0.2) is 54.6 Å². The third-order valence-corrected chi connectivity index (χ3v) is 7.14. The number of carboxylic acid groups (broad SMARTS) is 1. The number of aliphatic carboxylic acids is 1. The highest BCUT2D eigenvalue weighted by atomic mass is 16.5. The van der Waals surface area contributed by atoms with Crippen LogP contribution in [-0.4, -0.2) is 56.4 Å². The first kappa shape index (κ1) is 25.3. The van der Waals surface area contributed by atoms with Crippen molar-refractivity contribution in [2.75, 3.05) is 13.1 Å². The number of aryl methyl sites for hydroxylation is 1. The van der Waals surface area contributed by atoms with Gasteiger partial charge in [-0.3, -0.25) is 15.6 Å². The Morgan fingerprint density at radius 2 is 1.84 bits per heavy atom. The standard InChI is InChI=1S/C29H32N6O3/c1-18(30)34-12-10-23(11-13-34)38-24-6-7-25-26(16-24)35(27(33-25)8-9-28(36)37)17-19-2-3-20-4-5-21(29(31)32)15-22(20)14-19/h2-7,14-16,23,30H,8-13,17H2,1H3,(H3,31,32)(H,36,37). The number of nitrogen functional groups attached to an aromatic ring is 1. The average Bonchev–Trinajstić information content (AvgIpc) is 3.23. The molecule has 2 heterocycles. The van der Waals surface area contributed by atoms with Crippen LogP contribution in [0.2, 0.25) is 0 Å². The second-order valence-corrected chi connectivity index (χ2v) is 9.86. The van der Waals surface area contributed by atoms with Gasteiger partial charge in [0.25, 0.3) is 0 Å². The second-order valence-electron chi connectivity index (χ2n) is 9.86. The van der Waals surface area contributed by atoms with E-state index in [2.05, 4.69) is 21.6 Å². The number of benzene rings is 3. The molecule has 0 bridgehead atoms. The van der Waals surface area contributed by atoms with Crippen LogP contribution in [0, 0.1) is 10.8 Å². The number of nitrogens with two attached hydrogens (primary N) is 1. The Labute approximate surface area is 220 Å². The molecule has 1 aliphatic rings. The van der Waals surface area contributed by atoms with Crippen molar-refractivity contribution < 1.29 is 14.6 Å². The van der Waals surface area contributed by atoms with Crippen molar-refractivity contribution in [2.24, 2.45) is 5.73 Å². The molecule has 196 valence electrons. The largest absolute Gasteiger partial charge is 0.490 e. The first-order valence-corrected chi connectivity index (χ1v) is 12.8. The quantitative estimate of drug-likeness (QED) is 0.204. The summed E-state index contributed by atoms with van der Waals surface area (Å²) in [6.45, 7) is 3.96. The van der Waals surface area contributed by atoms with Gasteiger partial charge in [-0.25, -0.2) is 4.98 Å². The summed E-state index contributed by atoms with van der Waals surface area (Å²) >= 11 is 0. The average molecular weight is 513 g/mol. The van der Waals surface area contributed by atoms with Gasteiger partial charge in [0, 0.05) is 50.5 Å².